The fourth-order valence-corrected chi connectivity index (χ4v) is 5.57. The Morgan fingerprint density at radius 1 is 0.650 bits per heavy atom. The molecule has 0 spiro atoms. The van der Waals surface area contributed by atoms with Gasteiger partial charge in [0.25, 0.3) is 0 Å². The van der Waals surface area contributed by atoms with E-state index >= 15 is 0 Å². The van der Waals surface area contributed by atoms with E-state index in [1.807, 2.05) is 6.08 Å². The molecule has 0 fully saturated rings. The molecule has 0 radical (unpaired) electrons. The quantitative estimate of drug-likeness (QED) is 0.0980. The van der Waals surface area contributed by atoms with Gasteiger partial charge in [0.2, 0.25) is 0 Å². The van der Waals surface area contributed by atoms with Gasteiger partial charge in [0.05, 0.1) is 8.95 Å². The molecular weight excluding hydrogens is 642 g/mol. The maximum absolute atomic E-state index is 11.7. The SMILES string of the molecule is CCCCCCCCCCCCCCCC=C(c1cc(Br)c(O)c(C(=O)O)c1)c1cc(Br)c(O)c(C(=O)O)c1.N. The van der Waals surface area contributed by atoms with E-state index in [4.69, 9.17) is 0 Å². The van der Waals surface area contributed by atoms with Gasteiger partial charge in [0, 0.05) is 0 Å². The van der Waals surface area contributed by atoms with Crippen molar-refractivity contribution in [1.82, 2.24) is 6.15 Å². The first-order valence-electron chi connectivity index (χ1n) is 13.9. The molecule has 0 aliphatic carbocycles. The van der Waals surface area contributed by atoms with Crippen LogP contribution in [0.15, 0.2) is 39.3 Å². The summed E-state index contributed by atoms with van der Waals surface area (Å²) in [5.41, 5.74) is 1.13. The highest BCUT2D eigenvalue weighted by Gasteiger charge is 2.20. The fourth-order valence-electron chi connectivity index (χ4n) is 4.65. The lowest BCUT2D eigenvalue weighted by Gasteiger charge is -2.14. The highest BCUT2D eigenvalue weighted by molar-refractivity contribution is 9.11. The largest absolute Gasteiger partial charge is 0.506 e. The third kappa shape index (κ3) is 11.3. The highest BCUT2D eigenvalue weighted by Crippen LogP contribution is 2.38. The highest BCUT2D eigenvalue weighted by atomic mass is 79.9. The molecule has 2 aromatic carbocycles. The molecule has 0 aromatic heterocycles. The van der Waals surface area contributed by atoms with Crippen molar-refractivity contribution < 1.29 is 30.0 Å². The smallest absolute Gasteiger partial charge is 0.339 e. The van der Waals surface area contributed by atoms with Gasteiger partial charge in [-0.1, -0.05) is 90.0 Å². The van der Waals surface area contributed by atoms with Crippen molar-refractivity contribution in [2.24, 2.45) is 0 Å². The van der Waals surface area contributed by atoms with E-state index in [-0.39, 0.29) is 37.7 Å². The van der Waals surface area contributed by atoms with Crippen LogP contribution in [-0.2, 0) is 0 Å². The summed E-state index contributed by atoms with van der Waals surface area (Å²) in [5.74, 6) is -3.30. The summed E-state index contributed by atoms with van der Waals surface area (Å²) < 4.78 is 0.445. The van der Waals surface area contributed by atoms with Gasteiger partial charge in [-0.05, 0) is 85.7 Å². The number of phenols is 2. The number of allylic oxidation sites excluding steroid dienone is 1. The Balaban J connectivity index is 0.00000800. The minimum absolute atomic E-state index is 0. The van der Waals surface area contributed by atoms with Crippen LogP contribution in [0.25, 0.3) is 5.57 Å². The first kappa shape index (κ1) is 35.7. The third-order valence-electron chi connectivity index (χ3n) is 6.87. The Bertz CT molecular complexity index is 1080. The van der Waals surface area contributed by atoms with E-state index < -0.39 is 11.9 Å². The molecule has 0 amide bonds. The number of hydrogen-bond donors (Lipinski definition) is 5. The number of rotatable bonds is 18. The number of unbranched alkanes of at least 4 members (excludes halogenated alkanes) is 13. The summed E-state index contributed by atoms with van der Waals surface area (Å²) >= 11 is 6.46. The Kier molecular flexibility index (Phi) is 16.8. The molecule has 0 aliphatic rings. The summed E-state index contributed by atoms with van der Waals surface area (Å²) in [4.78, 5) is 23.4. The van der Waals surface area contributed by atoms with Crippen LogP contribution in [0.1, 0.15) is 129 Å². The Labute approximate surface area is 254 Å². The summed E-state index contributed by atoms with van der Waals surface area (Å²) in [7, 11) is 0. The average Bonchev–Trinajstić information content (AvgIpc) is 2.89. The van der Waals surface area contributed by atoms with Crippen LogP contribution in [0.5, 0.6) is 11.5 Å². The van der Waals surface area contributed by atoms with Crippen LogP contribution >= 0.6 is 31.9 Å². The van der Waals surface area contributed by atoms with Gasteiger partial charge in [0.1, 0.15) is 22.6 Å². The number of carboxylic acids is 2. The van der Waals surface area contributed by atoms with Crippen molar-refractivity contribution in [3.8, 4) is 11.5 Å². The zero-order valence-corrected chi connectivity index (χ0v) is 26.5. The minimum atomic E-state index is -1.27. The molecule has 0 saturated heterocycles. The zero-order valence-electron chi connectivity index (χ0n) is 23.4. The Morgan fingerprint density at radius 3 is 1.35 bits per heavy atom. The maximum atomic E-state index is 11.7. The molecule has 2 rings (SSSR count). The summed E-state index contributed by atoms with van der Waals surface area (Å²) in [5, 5.41) is 39.5. The molecule has 40 heavy (non-hydrogen) atoms. The molecule has 0 aliphatic heterocycles. The predicted octanol–water partition coefficient (Wildman–Crippen LogP) is 10.1. The molecule has 222 valence electrons. The van der Waals surface area contributed by atoms with Crippen molar-refractivity contribution in [1.29, 1.82) is 0 Å². The molecule has 7 N–H and O–H groups in total. The number of aromatic hydroxyl groups is 2. The molecular formula is C31H43Br2NO6. The molecule has 0 unspecified atom stereocenters. The second-order valence-corrected chi connectivity index (χ2v) is 11.7. The van der Waals surface area contributed by atoms with E-state index in [1.54, 1.807) is 12.1 Å². The van der Waals surface area contributed by atoms with E-state index in [0.717, 1.165) is 25.7 Å². The molecule has 0 bridgehead atoms. The van der Waals surface area contributed by atoms with Crippen LogP contribution < -0.4 is 6.15 Å². The first-order chi connectivity index (χ1) is 18.7. The lowest BCUT2D eigenvalue weighted by Crippen LogP contribution is -2.02. The topological polar surface area (TPSA) is 150 Å². The van der Waals surface area contributed by atoms with Crippen molar-refractivity contribution in [3.05, 3.63) is 61.5 Å². The van der Waals surface area contributed by atoms with E-state index in [1.165, 1.54) is 76.3 Å². The standard InChI is InChI=1S/C31H40Br2O6.H3N/c1-2-3-4-5-6-7-8-9-10-11-12-13-14-15-16-23(21-17-24(30(36)37)28(34)26(32)19-21)22-18-25(31(38)39)29(35)27(33)20-22;/h16-20,34-35H,2-15H2,1H3,(H,36,37)(H,38,39);1H3. The van der Waals surface area contributed by atoms with Crippen molar-refractivity contribution in [2.45, 2.75) is 96.8 Å². The summed E-state index contributed by atoms with van der Waals surface area (Å²) in [6, 6.07) is 5.97. The first-order valence-corrected chi connectivity index (χ1v) is 15.5. The van der Waals surface area contributed by atoms with Gasteiger partial charge in [-0.15, -0.1) is 0 Å². The fraction of sp³-hybridized carbons (Fsp3) is 0.484. The molecule has 0 atom stereocenters. The van der Waals surface area contributed by atoms with Gasteiger partial charge in [0.15, 0.2) is 0 Å². The minimum Gasteiger partial charge on any atom is -0.506 e. The molecule has 7 nitrogen and oxygen atoms in total. The lowest BCUT2D eigenvalue weighted by atomic mass is 9.93. The number of halogens is 2. The van der Waals surface area contributed by atoms with Crippen molar-refractivity contribution in [3.63, 3.8) is 0 Å². The lowest BCUT2D eigenvalue weighted by molar-refractivity contribution is 0.0682. The second kappa shape index (κ2) is 18.9. The Hall–Kier alpha value is -2.36. The van der Waals surface area contributed by atoms with Gasteiger partial charge in [-0.3, -0.25) is 0 Å². The number of carboxylic acid groups (broad SMARTS) is 2. The van der Waals surface area contributed by atoms with Gasteiger partial charge in [-0.2, -0.15) is 0 Å². The van der Waals surface area contributed by atoms with Crippen molar-refractivity contribution >= 4 is 49.4 Å². The zero-order chi connectivity index (χ0) is 28.8. The van der Waals surface area contributed by atoms with Crippen LogP contribution in [0, 0.1) is 0 Å². The maximum Gasteiger partial charge on any atom is 0.339 e. The van der Waals surface area contributed by atoms with Crippen LogP contribution in [-0.4, -0.2) is 32.4 Å². The van der Waals surface area contributed by atoms with Crippen LogP contribution in [0.2, 0.25) is 0 Å². The van der Waals surface area contributed by atoms with Crippen LogP contribution in [0.4, 0.5) is 0 Å². The molecule has 2 aromatic rings. The molecule has 0 heterocycles. The number of carbonyl (C=O) groups is 2. The second-order valence-electron chi connectivity index (χ2n) is 9.97. The predicted molar refractivity (Wildman–Crippen MR) is 168 cm³/mol. The van der Waals surface area contributed by atoms with Crippen LogP contribution in [0.3, 0.4) is 0 Å². The number of aromatic carboxylic acids is 2. The average molecular weight is 685 g/mol. The molecule has 9 heteroatoms. The van der Waals surface area contributed by atoms with Gasteiger partial charge >= 0.3 is 11.9 Å². The van der Waals surface area contributed by atoms with E-state index in [0.29, 0.717) is 16.7 Å². The summed E-state index contributed by atoms with van der Waals surface area (Å²) in [6.45, 7) is 2.24. The Morgan fingerprint density at radius 2 is 1.00 bits per heavy atom. The monoisotopic (exact) mass is 683 g/mol. The number of benzene rings is 2. The third-order valence-corrected chi connectivity index (χ3v) is 8.07. The van der Waals surface area contributed by atoms with Crippen molar-refractivity contribution in [2.75, 3.05) is 0 Å². The molecule has 0 saturated carbocycles. The normalized spacial score (nSPS) is 10.7. The van der Waals surface area contributed by atoms with E-state index in [9.17, 15) is 30.0 Å². The van der Waals surface area contributed by atoms with Gasteiger partial charge in [-0.25, -0.2) is 9.59 Å². The van der Waals surface area contributed by atoms with Gasteiger partial charge < -0.3 is 26.6 Å². The van der Waals surface area contributed by atoms with E-state index in [2.05, 4.69) is 38.8 Å². The summed E-state index contributed by atoms with van der Waals surface area (Å²) in [6.07, 6.45) is 19.0. The number of hydrogen-bond acceptors (Lipinski definition) is 5.